The second-order valence-electron chi connectivity index (χ2n) is 5.34. The highest BCUT2D eigenvalue weighted by molar-refractivity contribution is 5.84. The molecular weight excluding hydrogens is 250 g/mol. The molecule has 1 atom stereocenters. The summed E-state index contributed by atoms with van der Waals surface area (Å²) in [5.74, 6) is -0.508. The highest BCUT2D eigenvalue weighted by atomic mass is 16.6. The van der Waals surface area contributed by atoms with E-state index in [9.17, 15) is 9.59 Å². The number of carbonyl (C=O) groups is 2. The van der Waals surface area contributed by atoms with Crippen LogP contribution in [0.2, 0.25) is 0 Å². The van der Waals surface area contributed by atoms with Crippen LogP contribution in [0.4, 0.5) is 4.79 Å². The summed E-state index contributed by atoms with van der Waals surface area (Å²) in [6.45, 7) is 5.57. The molecule has 0 aliphatic carbocycles. The second kappa shape index (κ2) is 4.56. The van der Waals surface area contributed by atoms with Crippen molar-refractivity contribution >= 4 is 12.1 Å². The number of fused-ring (bicyclic) bond motifs is 1. The van der Waals surface area contributed by atoms with Crippen molar-refractivity contribution in [2.45, 2.75) is 39.0 Å². The molecule has 1 N–H and O–H groups in total. The molecule has 1 aliphatic rings. The summed E-state index contributed by atoms with van der Waals surface area (Å²) in [6, 6.07) is -0.798. The van der Waals surface area contributed by atoms with Crippen molar-refractivity contribution in [3.8, 4) is 0 Å². The molecule has 104 valence electrons. The molecule has 19 heavy (non-hydrogen) atoms. The van der Waals surface area contributed by atoms with Crippen molar-refractivity contribution in [1.82, 2.24) is 15.1 Å². The molecule has 7 nitrogen and oxygen atoms in total. The summed E-state index contributed by atoms with van der Waals surface area (Å²) >= 11 is 0. The molecular formula is C12H17N3O4. The lowest BCUT2D eigenvalue weighted by Crippen LogP contribution is -2.38. The lowest BCUT2D eigenvalue weighted by Gasteiger charge is -2.27. The Morgan fingerprint density at radius 2 is 2.16 bits per heavy atom. The van der Waals surface area contributed by atoms with Crippen molar-refractivity contribution in [2.75, 3.05) is 7.11 Å². The maximum absolute atomic E-state index is 12.1. The summed E-state index contributed by atoms with van der Waals surface area (Å²) in [4.78, 5) is 25.3. The smallest absolute Gasteiger partial charge is 0.411 e. The minimum Gasteiger partial charge on any atom is -0.467 e. The fraction of sp³-hybridized carbons (Fsp3) is 0.583. The van der Waals surface area contributed by atoms with Gasteiger partial charge in [0.15, 0.2) is 6.04 Å². The molecule has 2 rings (SSSR count). The predicted molar refractivity (Wildman–Crippen MR) is 65.1 cm³/mol. The standard InChI is InChI=1S/C12H17N3O4/c1-12(2,3)19-11(17)15-6-8-7(5-13-14-8)9(15)10(16)18-4/h5,9H,6H2,1-4H3,(H,13,14). The first-order valence-corrected chi connectivity index (χ1v) is 5.93. The third-order valence-corrected chi connectivity index (χ3v) is 2.74. The molecule has 0 saturated heterocycles. The first-order valence-electron chi connectivity index (χ1n) is 5.93. The van der Waals surface area contributed by atoms with Crippen LogP contribution in [0.3, 0.4) is 0 Å². The van der Waals surface area contributed by atoms with E-state index < -0.39 is 23.7 Å². The van der Waals surface area contributed by atoms with Crippen LogP contribution in [-0.4, -0.2) is 39.9 Å². The van der Waals surface area contributed by atoms with E-state index in [1.165, 1.54) is 18.2 Å². The molecule has 1 aromatic rings. The number of carbonyl (C=O) groups excluding carboxylic acids is 2. The average molecular weight is 267 g/mol. The van der Waals surface area contributed by atoms with E-state index in [1.807, 2.05) is 0 Å². The Bertz CT molecular complexity index is 503. The van der Waals surface area contributed by atoms with Crippen LogP contribution in [-0.2, 0) is 20.8 Å². The first-order chi connectivity index (χ1) is 8.83. The Morgan fingerprint density at radius 1 is 1.47 bits per heavy atom. The zero-order valence-electron chi connectivity index (χ0n) is 11.4. The molecule has 2 heterocycles. The zero-order valence-corrected chi connectivity index (χ0v) is 11.4. The van der Waals surface area contributed by atoms with Crippen molar-refractivity contribution < 1.29 is 19.1 Å². The minimum absolute atomic E-state index is 0.254. The van der Waals surface area contributed by atoms with Crippen LogP contribution in [0.25, 0.3) is 0 Å². The van der Waals surface area contributed by atoms with E-state index in [2.05, 4.69) is 10.2 Å². The molecule has 0 spiro atoms. The van der Waals surface area contributed by atoms with Gasteiger partial charge in [-0.1, -0.05) is 0 Å². The van der Waals surface area contributed by atoms with Crippen LogP contribution < -0.4 is 0 Å². The van der Waals surface area contributed by atoms with E-state index in [1.54, 1.807) is 20.8 Å². The number of nitrogens with one attached hydrogen (secondary N) is 1. The van der Waals surface area contributed by atoms with Gasteiger partial charge >= 0.3 is 12.1 Å². The number of hydrogen-bond donors (Lipinski definition) is 1. The van der Waals surface area contributed by atoms with Crippen LogP contribution in [0.1, 0.15) is 38.1 Å². The minimum atomic E-state index is -0.798. The Balaban J connectivity index is 2.24. The first kappa shape index (κ1) is 13.4. The molecule has 1 unspecified atom stereocenters. The number of H-pyrrole nitrogens is 1. The fourth-order valence-electron chi connectivity index (χ4n) is 1.97. The highest BCUT2D eigenvalue weighted by Crippen LogP contribution is 2.34. The molecule has 0 radical (unpaired) electrons. The summed E-state index contributed by atoms with van der Waals surface area (Å²) in [5.41, 5.74) is 0.755. The van der Waals surface area contributed by atoms with Gasteiger partial charge in [0.1, 0.15) is 5.60 Å². The van der Waals surface area contributed by atoms with Gasteiger partial charge < -0.3 is 9.47 Å². The van der Waals surface area contributed by atoms with Gasteiger partial charge in [-0.3, -0.25) is 10.00 Å². The third kappa shape index (κ3) is 2.54. The topological polar surface area (TPSA) is 84.5 Å². The van der Waals surface area contributed by atoms with Crippen molar-refractivity contribution in [1.29, 1.82) is 0 Å². The van der Waals surface area contributed by atoms with Crippen LogP contribution >= 0.6 is 0 Å². The Kier molecular flexibility index (Phi) is 3.21. The summed E-state index contributed by atoms with van der Waals surface area (Å²) < 4.78 is 10.0. The molecule has 0 aromatic carbocycles. The number of methoxy groups -OCH3 is 1. The number of hydrogen-bond acceptors (Lipinski definition) is 5. The van der Waals surface area contributed by atoms with Gasteiger partial charge in [-0.15, -0.1) is 0 Å². The van der Waals surface area contributed by atoms with Crippen molar-refractivity contribution in [3.63, 3.8) is 0 Å². The molecule has 1 aliphatic heterocycles. The Labute approximate surface area is 110 Å². The number of esters is 1. The Morgan fingerprint density at radius 3 is 2.74 bits per heavy atom. The average Bonchev–Trinajstić information content (AvgIpc) is 2.84. The molecule has 7 heteroatoms. The van der Waals surface area contributed by atoms with Gasteiger partial charge in [0, 0.05) is 5.56 Å². The van der Waals surface area contributed by atoms with E-state index in [0.717, 1.165) is 5.69 Å². The molecule has 0 saturated carbocycles. The van der Waals surface area contributed by atoms with Crippen LogP contribution in [0, 0.1) is 0 Å². The number of amides is 1. The lowest BCUT2D eigenvalue weighted by molar-refractivity contribution is -0.146. The van der Waals surface area contributed by atoms with Crippen LogP contribution in [0.15, 0.2) is 6.20 Å². The molecule has 0 bridgehead atoms. The third-order valence-electron chi connectivity index (χ3n) is 2.74. The number of rotatable bonds is 1. The van der Waals surface area contributed by atoms with Gasteiger partial charge in [-0.05, 0) is 20.8 Å². The molecule has 1 amide bonds. The van der Waals surface area contributed by atoms with Gasteiger partial charge in [0.05, 0.1) is 25.5 Å². The van der Waals surface area contributed by atoms with Crippen LogP contribution in [0.5, 0.6) is 0 Å². The number of aromatic amines is 1. The van der Waals surface area contributed by atoms with Gasteiger partial charge in [0.25, 0.3) is 0 Å². The summed E-state index contributed by atoms with van der Waals surface area (Å²) in [5, 5.41) is 6.63. The van der Waals surface area contributed by atoms with E-state index >= 15 is 0 Å². The van der Waals surface area contributed by atoms with Crippen molar-refractivity contribution in [2.24, 2.45) is 0 Å². The van der Waals surface area contributed by atoms with Gasteiger partial charge in [0.2, 0.25) is 0 Å². The highest BCUT2D eigenvalue weighted by Gasteiger charge is 2.42. The number of nitrogens with zero attached hydrogens (tertiary/aromatic N) is 2. The van der Waals surface area contributed by atoms with Gasteiger partial charge in [-0.25, -0.2) is 9.59 Å². The summed E-state index contributed by atoms with van der Waals surface area (Å²) in [6.07, 6.45) is 0.980. The largest absolute Gasteiger partial charge is 0.467 e. The SMILES string of the molecule is COC(=O)C1c2cn[nH]c2CN1C(=O)OC(C)(C)C. The van der Waals surface area contributed by atoms with E-state index in [0.29, 0.717) is 5.56 Å². The monoisotopic (exact) mass is 267 g/mol. The zero-order chi connectivity index (χ0) is 14.2. The fourth-order valence-corrected chi connectivity index (χ4v) is 1.97. The maximum atomic E-state index is 12.1. The normalized spacial score (nSPS) is 18.1. The number of aromatic nitrogens is 2. The molecule has 1 aromatic heterocycles. The maximum Gasteiger partial charge on any atom is 0.411 e. The van der Waals surface area contributed by atoms with Gasteiger partial charge in [-0.2, -0.15) is 5.10 Å². The molecule has 0 fully saturated rings. The predicted octanol–water partition coefficient (Wildman–Crippen LogP) is 1.37. The second-order valence-corrected chi connectivity index (χ2v) is 5.34. The van der Waals surface area contributed by atoms with E-state index in [-0.39, 0.29) is 6.54 Å². The van der Waals surface area contributed by atoms with E-state index in [4.69, 9.17) is 9.47 Å². The lowest BCUT2D eigenvalue weighted by atomic mass is 10.1. The quantitative estimate of drug-likeness (QED) is 0.777. The summed E-state index contributed by atoms with van der Waals surface area (Å²) in [7, 11) is 1.29. The van der Waals surface area contributed by atoms with Crippen molar-refractivity contribution in [3.05, 3.63) is 17.5 Å². The number of ether oxygens (including phenoxy) is 2. The Hall–Kier alpha value is -2.05.